The summed E-state index contributed by atoms with van der Waals surface area (Å²) in [5.74, 6) is 1.94. The molecule has 0 amide bonds. The number of aromatic nitrogens is 1. The van der Waals surface area contributed by atoms with Gasteiger partial charge in [0.1, 0.15) is 11.6 Å². The van der Waals surface area contributed by atoms with Gasteiger partial charge in [0.15, 0.2) is 0 Å². The number of hydrogen-bond acceptors (Lipinski definition) is 4. The lowest BCUT2D eigenvalue weighted by Crippen LogP contribution is -2.46. The molecule has 2 aromatic carbocycles. The van der Waals surface area contributed by atoms with E-state index in [2.05, 4.69) is 53.1 Å². The summed E-state index contributed by atoms with van der Waals surface area (Å²) in [6.07, 6.45) is 0. The molecule has 28 heavy (non-hydrogen) atoms. The van der Waals surface area contributed by atoms with Crippen molar-refractivity contribution in [1.82, 2.24) is 9.88 Å². The van der Waals surface area contributed by atoms with E-state index in [1.54, 1.807) is 7.11 Å². The molecule has 0 unspecified atom stereocenters. The number of likely N-dealkylation sites (N-methyl/N-ethyl adjacent to an activating group) is 1. The molecular weight excluding hydrogens is 393 g/mol. The summed E-state index contributed by atoms with van der Waals surface area (Å²) in [6, 6.07) is 18.8. The standard InChI is InChI=1S/C22H25N3O.2ClH/c1-3-24-12-14-25(15-13-24)22-18-9-5-4-8-17(18)16-20(23-22)19-10-6-7-11-21(19)26-2;;/h4-11,16H,3,12-15H2,1-2H3;2*1H. The zero-order valence-corrected chi connectivity index (χ0v) is 17.9. The first kappa shape index (κ1) is 22.3. The molecular formula is C22H27Cl2N3O. The lowest BCUT2D eigenvalue weighted by Gasteiger charge is -2.35. The number of benzene rings is 2. The first-order chi connectivity index (χ1) is 12.8. The van der Waals surface area contributed by atoms with Crippen LogP contribution in [-0.2, 0) is 0 Å². The maximum absolute atomic E-state index is 5.57. The van der Waals surface area contributed by atoms with Gasteiger partial charge < -0.3 is 14.5 Å². The van der Waals surface area contributed by atoms with Crippen LogP contribution in [0.2, 0.25) is 0 Å². The van der Waals surface area contributed by atoms with E-state index in [-0.39, 0.29) is 24.8 Å². The third kappa shape index (κ3) is 4.35. The number of pyridine rings is 1. The van der Waals surface area contributed by atoms with E-state index in [1.807, 2.05) is 18.2 Å². The Kier molecular flexibility index (Phi) is 7.93. The summed E-state index contributed by atoms with van der Waals surface area (Å²) in [7, 11) is 1.71. The highest BCUT2D eigenvalue weighted by molar-refractivity contribution is 5.95. The molecule has 150 valence electrons. The molecule has 1 aromatic heterocycles. The van der Waals surface area contributed by atoms with Crippen molar-refractivity contribution >= 4 is 41.4 Å². The molecule has 2 heterocycles. The predicted octanol–water partition coefficient (Wildman–Crippen LogP) is 4.90. The van der Waals surface area contributed by atoms with E-state index in [0.717, 1.165) is 55.5 Å². The fourth-order valence-corrected chi connectivity index (χ4v) is 3.69. The Hall–Kier alpha value is -2.01. The van der Waals surface area contributed by atoms with E-state index in [9.17, 15) is 0 Å². The molecule has 0 radical (unpaired) electrons. The lowest BCUT2D eigenvalue weighted by molar-refractivity contribution is 0.271. The summed E-state index contributed by atoms with van der Waals surface area (Å²) in [4.78, 5) is 9.99. The van der Waals surface area contributed by atoms with Gasteiger partial charge in [-0.1, -0.05) is 43.3 Å². The van der Waals surface area contributed by atoms with Gasteiger partial charge in [-0.3, -0.25) is 0 Å². The van der Waals surface area contributed by atoms with Crippen molar-refractivity contribution < 1.29 is 4.74 Å². The van der Waals surface area contributed by atoms with Gasteiger partial charge in [0.25, 0.3) is 0 Å². The van der Waals surface area contributed by atoms with Crippen molar-refractivity contribution in [2.75, 3.05) is 44.7 Å². The van der Waals surface area contributed by atoms with Crippen LogP contribution in [0.15, 0.2) is 54.6 Å². The summed E-state index contributed by atoms with van der Waals surface area (Å²) in [5.41, 5.74) is 2.00. The minimum absolute atomic E-state index is 0. The Morgan fingerprint density at radius 2 is 1.61 bits per heavy atom. The summed E-state index contributed by atoms with van der Waals surface area (Å²) in [5, 5.41) is 2.44. The van der Waals surface area contributed by atoms with Crippen molar-refractivity contribution in [3.8, 4) is 17.0 Å². The van der Waals surface area contributed by atoms with Crippen LogP contribution in [0.5, 0.6) is 5.75 Å². The second-order valence-corrected chi connectivity index (χ2v) is 6.67. The Labute approximate surface area is 179 Å². The van der Waals surface area contributed by atoms with Gasteiger partial charge in [-0.2, -0.15) is 0 Å². The molecule has 0 atom stereocenters. The summed E-state index contributed by atoms with van der Waals surface area (Å²) < 4.78 is 5.57. The number of ether oxygens (including phenoxy) is 1. The highest BCUT2D eigenvalue weighted by Gasteiger charge is 2.20. The third-order valence-corrected chi connectivity index (χ3v) is 5.22. The topological polar surface area (TPSA) is 28.6 Å². The molecule has 1 fully saturated rings. The number of halogens is 2. The van der Waals surface area contributed by atoms with E-state index in [4.69, 9.17) is 9.72 Å². The van der Waals surface area contributed by atoms with Gasteiger partial charge in [-0.25, -0.2) is 4.98 Å². The monoisotopic (exact) mass is 419 g/mol. The highest BCUT2D eigenvalue weighted by Crippen LogP contribution is 2.34. The number of fused-ring (bicyclic) bond motifs is 1. The maximum Gasteiger partial charge on any atom is 0.137 e. The largest absolute Gasteiger partial charge is 0.496 e. The first-order valence-corrected chi connectivity index (χ1v) is 9.30. The van der Waals surface area contributed by atoms with Crippen molar-refractivity contribution in [2.45, 2.75) is 6.92 Å². The van der Waals surface area contributed by atoms with Crippen LogP contribution in [0.4, 0.5) is 5.82 Å². The van der Waals surface area contributed by atoms with E-state index < -0.39 is 0 Å². The fourth-order valence-electron chi connectivity index (χ4n) is 3.69. The van der Waals surface area contributed by atoms with Gasteiger partial charge in [0.05, 0.1) is 12.8 Å². The molecule has 0 saturated carbocycles. The molecule has 0 N–H and O–H groups in total. The zero-order chi connectivity index (χ0) is 17.9. The molecule has 4 nitrogen and oxygen atoms in total. The van der Waals surface area contributed by atoms with Gasteiger partial charge >= 0.3 is 0 Å². The zero-order valence-electron chi connectivity index (χ0n) is 16.3. The molecule has 1 saturated heterocycles. The molecule has 3 aromatic rings. The second-order valence-electron chi connectivity index (χ2n) is 6.67. The van der Waals surface area contributed by atoms with Crippen LogP contribution < -0.4 is 9.64 Å². The van der Waals surface area contributed by atoms with Crippen LogP contribution in [-0.4, -0.2) is 49.7 Å². The van der Waals surface area contributed by atoms with Crippen LogP contribution in [0.25, 0.3) is 22.0 Å². The highest BCUT2D eigenvalue weighted by atomic mass is 35.5. The Balaban J connectivity index is 0.00000140. The van der Waals surface area contributed by atoms with Crippen molar-refractivity contribution in [3.63, 3.8) is 0 Å². The fraction of sp³-hybridized carbons (Fsp3) is 0.318. The van der Waals surface area contributed by atoms with Crippen LogP contribution in [0.3, 0.4) is 0 Å². The SMILES string of the molecule is CCN1CCN(c2nc(-c3ccccc3OC)cc3ccccc23)CC1.Cl.Cl. The quantitative estimate of drug-likeness (QED) is 0.601. The average molecular weight is 420 g/mol. The Morgan fingerprint density at radius 3 is 2.32 bits per heavy atom. The molecule has 0 aliphatic carbocycles. The minimum Gasteiger partial charge on any atom is -0.496 e. The van der Waals surface area contributed by atoms with E-state index in [0.29, 0.717) is 0 Å². The normalized spacial score (nSPS) is 14.3. The molecule has 0 bridgehead atoms. The molecule has 0 spiro atoms. The van der Waals surface area contributed by atoms with E-state index >= 15 is 0 Å². The second kappa shape index (κ2) is 9.97. The molecule has 6 heteroatoms. The molecule has 1 aliphatic heterocycles. The smallest absolute Gasteiger partial charge is 0.137 e. The summed E-state index contributed by atoms with van der Waals surface area (Å²) >= 11 is 0. The lowest BCUT2D eigenvalue weighted by atomic mass is 10.1. The number of rotatable bonds is 4. The van der Waals surface area contributed by atoms with Gasteiger partial charge in [0.2, 0.25) is 0 Å². The van der Waals surface area contributed by atoms with Crippen LogP contribution >= 0.6 is 24.8 Å². The number of para-hydroxylation sites is 1. The van der Waals surface area contributed by atoms with Crippen molar-refractivity contribution in [3.05, 3.63) is 54.6 Å². The van der Waals surface area contributed by atoms with Crippen LogP contribution in [0.1, 0.15) is 6.92 Å². The maximum atomic E-state index is 5.57. The number of hydrogen-bond donors (Lipinski definition) is 0. The summed E-state index contributed by atoms with van der Waals surface area (Å²) in [6.45, 7) is 7.55. The minimum atomic E-state index is 0. The predicted molar refractivity (Wildman–Crippen MR) is 123 cm³/mol. The number of nitrogens with zero attached hydrogens (tertiary/aromatic N) is 3. The third-order valence-electron chi connectivity index (χ3n) is 5.22. The van der Waals surface area contributed by atoms with Crippen molar-refractivity contribution in [1.29, 1.82) is 0 Å². The van der Waals surface area contributed by atoms with E-state index in [1.165, 1.54) is 10.8 Å². The number of piperazine rings is 1. The number of methoxy groups -OCH3 is 1. The van der Waals surface area contributed by atoms with Gasteiger partial charge in [-0.15, -0.1) is 24.8 Å². The Morgan fingerprint density at radius 1 is 0.929 bits per heavy atom. The first-order valence-electron chi connectivity index (χ1n) is 9.30. The van der Waals surface area contributed by atoms with Gasteiger partial charge in [0, 0.05) is 37.1 Å². The van der Waals surface area contributed by atoms with Gasteiger partial charge in [-0.05, 0) is 30.1 Å². The molecule has 4 rings (SSSR count). The number of anilines is 1. The Bertz CT molecular complexity index is 911. The van der Waals surface area contributed by atoms with Crippen LogP contribution in [0, 0.1) is 0 Å². The average Bonchev–Trinajstić information content (AvgIpc) is 2.73. The molecule has 1 aliphatic rings. The van der Waals surface area contributed by atoms with Crippen molar-refractivity contribution in [2.24, 2.45) is 0 Å².